The summed E-state index contributed by atoms with van der Waals surface area (Å²) >= 11 is 13.9. The van der Waals surface area contributed by atoms with Crippen LogP contribution in [-0.2, 0) is 0 Å². The summed E-state index contributed by atoms with van der Waals surface area (Å²) in [6.45, 7) is 2.10. The van der Waals surface area contributed by atoms with E-state index in [4.69, 9.17) is 28.9 Å². The van der Waals surface area contributed by atoms with Gasteiger partial charge in [-0.1, -0.05) is 54.4 Å². The normalized spacial score (nSPS) is 14.0. The Kier molecular flexibility index (Phi) is 5.79. The number of thioether (sulfide) groups is 1. The van der Waals surface area contributed by atoms with Crippen molar-refractivity contribution in [3.8, 4) is 0 Å². The monoisotopic (exact) mass is 325 g/mol. The summed E-state index contributed by atoms with van der Waals surface area (Å²) in [5.41, 5.74) is 7.46. The molecular weight excluding hydrogens is 309 g/mol. The molecule has 106 valence electrons. The van der Waals surface area contributed by atoms with E-state index in [2.05, 4.69) is 6.92 Å². The van der Waals surface area contributed by atoms with Gasteiger partial charge in [0.05, 0.1) is 5.02 Å². The first-order valence-electron chi connectivity index (χ1n) is 6.54. The third-order valence-electron chi connectivity index (χ3n) is 3.15. The lowest BCUT2D eigenvalue weighted by Gasteiger charge is -2.23. The molecule has 2 N–H and O–H groups in total. The highest BCUT2D eigenvalue weighted by molar-refractivity contribution is 7.99. The predicted octanol–water partition coefficient (Wildman–Crippen LogP) is 5.56. The van der Waals surface area contributed by atoms with Crippen LogP contribution in [0.5, 0.6) is 0 Å². The summed E-state index contributed by atoms with van der Waals surface area (Å²) in [4.78, 5) is 1.05. The van der Waals surface area contributed by atoms with Crippen molar-refractivity contribution < 1.29 is 0 Å². The lowest BCUT2D eigenvalue weighted by Crippen LogP contribution is -2.25. The van der Waals surface area contributed by atoms with Gasteiger partial charge < -0.3 is 5.73 Å². The smallest absolute Gasteiger partial charge is 0.0542 e. The molecule has 2 unspecified atom stereocenters. The van der Waals surface area contributed by atoms with Crippen molar-refractivity contribution in [1.82, 2.24) is 0 Å². The fourth-order valence-electron chi connectivity index (χ4n) is 1.95. The standard InChI is InChI=1S/C16H17Cl2NS/c1-2-14(19)16(11-7-9-12(17)10-8-11)20-15-6-4-3-5-13(15)18/h3-10,14,16H,2,19H2,1H3. The van der Waals surface area contributed by atoms with E-state index in [9.17, 15) is 0 Å². The summed E-state index contributed by atoms with van der Waals surface area (Å²) < 4.78 is 0. The van der Waals surface area contributed by atoms with E-state index in [1.807, 2.05) is 48.5 Å². The Morgan fingerprint density at radius 2 is 1.70 bits per heavy atom. The summed E-state index contributed by atoms with van der Waals surface area (Å²) in [6.07, 6.45) is 0.907. The highest BCUT2D eigenvalue weighted by Crippen LogP contribution is 2.41. The van der Waals surface area contributed by atoms with Gasteiger partial charge in [-0.25, -0.2) is 0 Å². The van der Waals surface area contributed by atoms with Crippen LogP contribution in [0.2, 0.25) is 10.0 Å². The first-order valence-corrected chi connectivity index (χ1v) is 8.17. The SMILES string of the molecule is CCC(N)C(Sc1ccccc1Cl)c1ccc(Cl)cc1. The van der Waals surface area contributed by atoms with E-state index in [1.165, 1.54) is 5.56 Å². The summed E-state index contributed by atoms with van der Waals surface area (Å²) in [5, 5.41) is 1.66. The van der Waals surface area contributed by atoms with E-state index in [0.29, 0.717) is 0 Å². The molecule has 0 bridgehead atoms. The Hall–Kier alpha value is -0.670. The summed E-state index contributed by atoms with van der Waals surface area (Å²) in [6, 6.07) is 15.8. The van der Waals surface area contributed by atoms with Crippen LogP contribution in [0.4, 0.5) is 0 Å². The third kappa shape index (κ3) is 3.92. The van der Waals surface area contributed by atoms with E-state index in [0.717, 1.165) is 21.4 Å². The fraction of sp³-hybridized carbons (Fsp3) is 0.250. The van der Waals surface area contributed by atoms with Crippen molar-refractivity contribution in [2.75, 3.05) is 0 Å². The van der Waals surface area contributed by atoms with E-state index < -0.39 is 0 Å². The molecular formula is C16H17Cl2NS. The Morgan fingerprint density at radius 3 is 2.30 bits per heavy atom. The molecule has 4 heteroatoms. The van der Waals surface area contributed by atoms with E-state index >= 15 is 0 Å². The Morgan fingerprint density at radius 1 is 1.05 bits per heavy atom. The zero-order valence-electron chi connectivity index (χ0n) is 11.2. The average Bonchev–Trinajstić information content (AvgIpc) is 2.47. The Labute approximate surface area is 134 Å². The van der Waals surface area contributed by atoms with Crippen molar-refractivity contribution in [3.63, 3.8) is 0 Å². The minimum Gasteiger partial charge on any atom is -0.326 e. The van der Waals surface area contributed by atoms with Crippen LogP contribution in [-0.4, -0.2) is 6.04 Å². The highest BCUT2D eigenvalue weighted by Gasteiger charge is 2.20. The molecule has 0 aliphatic carbocycles. The van der Waals surface area contributed by atoms with Crippen molar-refractivity contribution >= 4 is 35.0 Å². The molecule has 2 aromatic carbocycles. The maximum atomic E-state index is 6.29. The van der Waals surface area contributed by atoms with Gasteiger partial charge in [0.1, 0.15) is 0 Å². The van der Waals surface area contributed by atoms with Gasteiger partial charge in [-0.2, -0.15) is 0 Å². The number of nitrogens with two attached hydrogens (primary N) is 1. The Balaban J connectivity index is 2.29. The predicted molar refractivity (Wildman–Crippen MR) is 89.8 cm³/mol. The van der Waals surface area contributed by atoms with E-state index in [-0.39, 0.29) is 11.3 Å². The summed E-state index contributed by atoms with van der Waals surface area (Å²) in [5.74, 6) is 0. The molecule has 0 aliphatic rings. The highest BCUT2D eigenvalue weighted by atomic mass is 35.5. The van der Waals surface area contributed by atoms with Crippen LogP contribution >= 0.6 is 35.0 Å². The zero-order chi connectivity index (χ0) is 14.5. The first-order chi connectivity index (χ1) is 9.61. The second-order valence-corrected chi connectivity index (χ2v) is 6.62. The van der Waals surface area contributed by atoms with Gasteiger partial charge in [0.2, 0.25) is 0 Å². The molecule has 2 aromatic rings. The topological polar surface area (TPSA) is 26.0 Å². The number of hydrogen-bond donors (Lipinski definition) is 1. The molecule has 2 rings (SSSR count). The van der Waals surface area contributed by atoms with E-state index in [1.54, 1.807) is 11.8 Å². The van der Waals surface area contributed by atoms with Gasteiger partial charge in [-0.05, 0) is 36.2 Å². The molecule has 2 atom stereocenters. The quantitative estimate of drug-likeness (QED) is 0.728. The molecule has 0 saturated carbocycles. The molecule has 0 fully saturated rings. The molecule has 0 aliphatic heterocycles. The lowest BCUT2D eigenvalue weighted by molar-refractivity contribution is 0.634. The number of benzene rings is 2. The molecule has 0 saturated heterocycles. The van der Waals surface area contributed by atoms with Crippen LogP contribution in [0.25, 0.3) is 0 Å². The van der Waals surface area contributed by atoms with Crippen LogP contribution in [0.3, 0.4) is 0 Å². The first kappa shape index (κ1) is 15.7. The van der Waals surface area contributed by atoms with Crippen molar-refractivity contribution in [2.24, 2.45) is 5.73 Å². The molecule has 1 nitrogen and oxygen atoms in total. The van der Waals surface area contributed by atoms with Crippen LogP contribution < -0.4 is 5.73 Å². The fourth-order valence-corrected chi connectivity index (χ4v) is 3.61. The van der Waals surface area contributed by atoms with Gasteiger partial charge >= 0.3 is 0 Å². The average molecular weight is 326 g/mol. The number of halogens is 2. The van der Waals surface area contributed by atoms with Crippen LogP contribution in [0, 0.1) is 0 Å². The minimum absolute atomic E-state index is 0.0671. The molecule has 0 heterocycles. The lowest BCUT2D eigenvalue weighted by atomic mass is 10.0. The maximum absolute atomic E-state index is 6.29. The molecule has 0 aromatic heterocycles. The minimum atomic E-state index is 0.0671. The largest absolute Gasteiger partial charge is 0.326 e. The van der Waals surface area contributed by atoms with Crippen molar-refractivity contribution in [1.29, 1.82) is 0 Å². The van der Waals surface area contributed by atoms with Crippen LogP contribution in [0.1, 0.15) is 24.2 Å². The Bertz CT molecular complexity index is 557. The van der Waals surface area contributed by atoms with Gasteiger partial charge in [0.25, 0.3) is 0 Å². The third-order valence-corrected chi connectivity index (χ3v) is 5.33. The zero-order valence-corrected chi connectivity index (χ0v) is 13.6. The van der Waals surface area contributed by atoms with Gasteiger partial charge in [-0.3, -0.25) is 0 Å². The van der Waals surface area contributed by atoms with Crippen molar-refractivity contribution in [3.05, 3.63) is 64.1 Å². The molecule has 20 heavy (non-hydrogen) atoms. The molecule has 0 spiro atoms. The van der Waals surface area contributed by atoms with Gasteiger partial charge in [0.15, 0.2) is 0 Å². The molecule has 0 amide bonds. The van der Waals surface area contributed by atoms with Crippen LogP contribution in [0.15, 0.2) is 53.4 Å². The van der Waals surface area contributed by atoms with Gasteiger partial charge in [0, 0.05) is 21.2 Å². The number of hydrogen-bond acceptors (Lipinski definition) is 2. The van der Waals surface area contributed by atoms with Gasteiger partial charge in [-0.15, -0.1) is 11.8 Å². The maximum Gasteiger partial charge on any atom is 0.0542 e. The number of rotatable bonds is 5. The second kappa shape index (κ2) is 7.37. The molecule has 0 radical (unpaired) electrons. The second-order valence-electron chi connectivity index (χ2n) is 4.59. The van der Waals surface area contributed by atoms with Crippen molar-refractivity contribution in [2.45, 2.75) is 29.5 Å². The summed E-state index contributed by atoms with van der Waals surface area (Å²) in [7, 11) is 0.